The molecule has 0 bridgehead atoms. The van der Waals surface area contributed by atoms with E-state index < -0.39 is 32.5 Å². The maximum atomic E-state index is 13.1. The Morgan fingerprint density at radius 1 is 1.15 bits per heavy atom. The minimum absolute atomic E-state index is 0.184. The highest BCUT2D eigenvalue weighted by molar-refractivity contribution is 7.89. The van der Waals surface area contributed by atoms with E-state index in [2.05, 4.69) is 10.0 Å². The maximum absolute atomic E-state index is 13.1. The number of amides is 1. The third kappa shape index (κ3) is 4.98. The van der Waals surface area contributed by atoms with Crippen LogP contribution >= 0.6 is 11.6 Å². The molecule has 0 aliphatic rings. The molecule has 10 heteroatoms. The molecule has 0 fully saturated rings. The van der Waals surface area contributed by atoms with Crippen LogP contribution < -0.4 is 10.0 Å². The predicted octanol–water partition coefficient (Wildman–Crippen LogP) is 2.80. The van der Waals surface area contributed by atoms with E-state index in [9.17, 15) is 22.0 Å². The maximum Gasteiger partial charge on any atom is 0.240 e. The molecule has 2 aromatic carbocycles. The second-order valence-electron chi connectivity index (χ2n) is 5.08. The third-order valence-corrected chi connectivity index (χ3v) is 5.00. The Bertz CT molecular complexity index is 991. The van der Waals surface area contributed by atoms with E-state index in [1.807, 2.05) is 6.07 Å². The number of benzene rings is 2. The van der Waals surface area contributed by atoms with Gasteiger partial charge in [0.15, 0.2) is 11.6 Å². The molecule has 2 N–H and O–H groups in total. The number of rotatable bonds is 6. The molecule has 0 aromatic heterocycles. The van der Waals surface area contributed by atoms with Crippen LogP contribution in [0.5, 0.6) is 0 Å². The number of carbonyl (C=O) groups is 1. The molecule has 2 rings (SSSR count). The van der Waals surface area contributed by atoms with Crippen molar-refractivity contribution in [1.29, 1.82) is 5.26 Å². The summed E-state index contributed by atoms with van der Waals surface area (Å²) in [7, 11) is -4.08. The molecule has 1 amide bonds. The second kappa shape index (κ2) is 8.23. The first-order valence-electron chi connectivity index (χ1n) is 7.17. The number of halogens is 3. The molecule has 0 saturated carbocycles. The normalized spacial score (nSPS) is 11.0. The van der Waals surface area contributed by atoms with Crippen LogP contribution in [-0.4, -0.2) is 20.9 Å². The molecule has 6 nitrogen and oxygen atoms in total. The minimum atomic E-state index is -4.08. The van der Waals surface area contributed by atoms with Crippen molar-refractivity contribution >= 4 is 33.2 Å². The molecule has 136 valence electrons. The topological polar surface area (TPSA) is 99.1 Å². The first-order valence-corrected chi connectivity index (χ1v) is 9.03. The number of sulfonamides is 1. The van der Waals surface area contributed by atoms with Crippen LogP contribution in [0.3, 0.4) is 0 Å². The summed E-state index contributed by atoms with van der Waals surface area (Å²) in [5.74, 6) is -2.96. The van der Waals surface area contributed by atoms with Crippen molar-refractivity contribution in [2.45, 2.75) is 11.3 Å². The van der Waals surface area contributed by atoms with Crippen molar-refractivity contribution in [3.8, 4) is 6.07 Å². The van der Waals surface area contributed by atoms with Gasteiger partial charge >= 0.3 is 0 Å². The summed E-state index contributed by atoms with van der Waals surface area (Å²) in [6.07, 6.45) is -0.215. The Kier molecular flexibility index (Phi) is 6.26. The SMILES string of the molecule is N#Cc1cc(NC(=O)CCNS(=O)(=O)c2ccc(F)c(F)c2)ccc1Cl. The Balaban J connectivity index is 1.93. The first kappa shape index (κ1) is 19.8. The fourth-order valence-electron chi connectivity index (χ4n) is 1.94. The van der Waals surface area contributed by atoms with E-state index in [1.54, 1.807) is 0 Å². The van der Waals surface area contributed by atoms with Crippen molar-refractivity contribution in [3.05, 3.63) is 58.6 Å². The van der Waals surface area contributed by atoms with E-state index in [1.165, 1.54) is 18.2 Å². The first-order chi connectivity index (χ1) is 12.2. The summed E-state index contributed by atoms with van der Waals surface area (Å²) in [5, 5.41) is 11.6. The van der Waals surface area contributed by atoms with Crippen LogP contribution in [-0.2, 0) is 14.8 Å². The van der Waals surface area contributed by atoms with Gasteiger partial charge in [0.25, 0.3) is 0 Å². The lowest BCUT2D eigenvalue weighted by molar-refractivity contribution is -0.116. The number of hydrogen-bond acceptors (Lipinski definition) is 4. The standard InChI is InChI=1S/C16H12ClF2N3O3S/c17-13-3-1-11(7-10(13)9-20)22-16(23)5-6-21-26(24,25)12-2-4-14(18)15(19)8-12/h1-4,7-8,21H,5-6H2,(H,22,23). The highest BCUT2D eigenvalue weighted by Gasteiger charge is 2.16. The Morgan fingerprint density at radius 2 is 1.88 bits per heavy atom. The molecule has 0 saturated heterocycles. The quantitative estimate of drug-likeness (QED) is 0.780. The number of nitrogens with one attached hydrogen (secondary N) is 2. The van der Waals surface area contributed by atoms with Crippen LogP contribution in [0.15, 0.2) is 41.3 Å². The van der Waals surface area contributed by atoms with Crippen molar-refractivity contribution < 1.29 is 22.0 Å². The van der Waals surface area contributed by atoms with Gasteiger partial charge in [-0.15, -0.1) is 0 Å². The summed E-state index contributed by atoms with van der Waals surface area (Å²) in [4.78, 5) is 11.4. The van der Waals surface area contributed by atoms with Crippen LogP contribution in [0.2, 0.25) is 5.02 Å². The van der Waals surface area contributed by atoms with E-state index in [0.29, 0.717) is 17.8 Å². The van der Waals surface area contributed by atoms with E-state index >= 15 is 0 Å². The number of nitriles is 1. The predicted molar refractivity (Wildman–Crippen MR) is 91.0 cm³/mol. The van der Waals surface area contributed by atoms with E-state index in [-0.39, 0.29) is 23.6 Å². The molecule has 0 aliphatic carbocycles. The third-order valence-electron chi connectivity index (χ3n) is 3.22. The average Bonchev–Trinajstić information content (AvgIpc) is 2.58. The molecule has 26 heavy (non-hydrogen) atoms. The molecule has 0 atom stereocenters. The van der Waals surface area contributed by atoms with Gasteiger partial charge in [-0.25, -0.2) is 21.9 Å². The fraction of sp³-hybridized carbons (Fsp3) is 0.125. The summed E-state index contributed by atoms with van der Waals surface area (Å²) in [5.41, 5.74) is 0.517. The number of carbonyl (C=O) groups excluding carboxylic acids is 1. The summed E-state index contributed by atoms with van der Waals surface area (Å²) in [6, 6.07) is 8.35. The monoisotopic (exact) mass is 399 g/mol. The summed E-state index contributed by atoms with van der Waals surface area (Å²) >= 11 is 5.78. The smallest absolute Gasteiger partial charge is 0.240 e. The molecular formula is C16H12ClF2N3O3S. The van der Waals surface area contributed by atoms with Gasteiger partial charge < -0.3 is 5.32 Å². The molecule has 0 spiro atoms. The molecular weight excluding hydrogens is 388 g/mol. The zero-order valence-corrected chi connectivity index (χ0v) is 14.7. The lowest BCUT2D eigenvalue weighted by Crippen LogP contribution is -2.28. The van der Waals surface area contributed by atoms with Gasteiger partial charge in [-0.05, 0) is 36.4 Å². The van der Waals surface area contributed by atoms with Gasteiger partial charge in [0, 0.05) is 18.7 Å². The Hall–Kier alpha value is -2.54. The van der Waals surface area contributed by atoms with Gasteiger partial charge in [0.1, 0.15) is 6.07 Å². The Labute approximate surface area is 153 Å². The molecule has 0 radical (unpaired) electrons. The fourth-order valence-corrected chi connectivity index (χ4v) is 3.14. The van der Waals surface area contributed by atoms with Crippen molar-refractivity contribution in [2.75, 3.05) is 11.9 Å². The van der Waals surface area contributed by atoms with Crippen molar-refractivity contribution in [2.24, 2.45) is 0 Å². The number of hydrogen-bond donors (Lipinski definition) is 2. The van der Waals surface area contributed by atoms with E-state index in [4.69, 9.17) is 16.9 Å². The lowest BCUT2D eigenvalue weighted by atomic mass is 10.2. The minimum Gasteiger partial charge on any atom is -0.326 e. The molecule has 0 heterocycles. The van der Waals surface area contributed by atoms with Crippen molar-refractivity contribution in [1.82, 2.24) is 4.72 Å². The molecule has 0 aliphatic heterocycles. The van der Waals surface area contributed by atoms with Crippen LogP contribution in [0.4, 0.5) is 14.5 Å². The molecule has 0 unspecified atom stereocenters. The lowest BCUT2D eigenvalue weighted by Gasteiger charge is -2.08. The molecule has 2 aromatic rings. The number of anilines is 1. The van der Waals surface area contributed by atoms with Crippen LogP contribution in [0.25, 0.3) is 0 Å². The average molecular weight is 400 g/mol. The highest BCUT2D eigenvalue weighted by atomic mass is 35.5. The van der Waals surface area contributed by atoms with Crippen molar-refractivity contribution in [3.63, 3.8) is 0 Å². The number of nitrogens with zero attached hydrogens (tertiary/aromatic N) is 1. The summed E-state index contributed by atoms with van der Waals surface area (Å²) in [6.45, 7) is -0.258. The van der Waals surface area contributed by atoms with Gasteiger partial charge in [-0.1, -0.05) is 11.6 Å². The highest BCUT2D eigenvalue weighted by Crippen LogP contribution is 2.19. The zero-order valence-electron chi connectivity index (χ0n) is 13.1. The Morgan fingerprint density at radius 3 is 2.54 bits per heavy atom. The van der Waals surface area contributed by atoms with Gasteiger partial charge in [0.2, 0.25) is 15.9 Å². The zero-order chi connectivity index (χ0) is 19.3. The van der Waals surface area contributed by atoms with Gasteiger partial charge in [-0.2, -0.15) is 5.26 Å². The van der Waals surface area contributed by atoms with Crippen LogP contribution in [0, 0.1) is 23.0 Å². The van der Waals surface area contributed by atoms with Crippen LogP contribution in [0.1, 0.15) is 12.0 Å². The van der Waals surface area contributed by atoms with Gasteiger partial charge in [-0.3, -0.25) is 4.79 Å². The second-order valence-corrected chi connectivity index (χ2v) is 7.25. The van der Waals surface area contributed by atoms with Gasteiger partial charge in [0.05, 0.1) is 15.5 Å². The largest absolute Gasteiger partial charge is 0.326 e. The summed E-state index contributed by atoms with van der Waals surface area (Å²) < 4.78 is 52.1. The van der Waals surface area contributed by atoms with E-state index in [0.717, 1.165) is 6.07 Å².